The minimum absolute atomic E-state index is 0.0410. The molecule has 6 heteroatoms. The fourth-order valence-electron chi connectivity index (χ4n) is 2.51. The van der Waals surface area contributed by atoms with Crippen LogP contribution in [0.2, 0.25) is 0 Å². The van der Waals surface area contributed by atoms with Crippen molar-refractivity contribution in [3.63, 3.8) is 0 Å². The molecule has 0 atom stereocenters. The molecule has 0 radical (unpaired) electrons. The van der Waals surface area contributed by atoms with Crippen LogP contribution in [0.5, 0.6) is 0 Å². The quantitative estimate of drug-likeness (QED) is 0.701. The van der Waals surface area contributed by atoms with Crippen molar-refractivity contribution in [2.75, 3.05) is 17.2 Å². The Kier molecular flexibility index (Phi) is 7.11. The van der Waals surface area contributed by atoms with E-state index in [4.69, 9.17) is 0 Å². The van der Waals surface area contributed by atoms with E-state index in [1.807, 2.05) is 32.9 Å². The molecule has 0 unspecified atom stereocenters. The summed E-state index contributed by atoms with van der Waals surface area (Å²) in [4.78, 5) is 35.9. The Labute approximate surface area is 159 Å². The molecule has 0 aliphatic rings. The van der Waals surface area contributed by atoms with Crippen molar-refractivity contribution in [2.45, 2.75) is 27.2 Å². The van der Waals surface area contributed by atoms with Gasteiger partial charge in [-0.3, -0.25) is 14.4 Å². The van der Waals surface area contributed by atoms with Crippen molar-refractivity contribution in [1.82, 2.24) is 5.32 Å². The third-order valence-corrected chi connectivity index (χ3v) is 3.85. The van der Waals surface area contributed by atoms with Crippen LogP contribution in [0.4, 0.5) is 11.4 Å². The van der Waals surface area contributed by atoms with Crippen LogP contribution in [-0.2, 0) is 9.59 Å². The first-order valence-electron chi connectivity index (χ1n) is 8.88. The molecule has 2 rings (SSSR count). The van der Waals surface area contributed by atoms with E-state index in [0.717, 1.165) is 5.56 Å². The highest BCUT2D eigenvalue weighted by Crippen LogP contribution is 2.14. The first-order valence-corrected chi connectivity index (χ1v) is 8.88. The van der Waals surface area contributed by atoms with E-state index in [-0.39, 0.29) is 24.3 Å². The van der Waals surface area contributed by atoms with E-state index in [0.29, 0.717) is 29.3 Å². The zero-order valence-corrected chi connectivity index (χ0v) is 15.8. The maximum atomic E-state index is 12.1. The summed E-state index contributed by atoms with van der Waals surface area (Å²) in [5.41, 5.74) is 2.66. The van der Waals surface area contributed by atoms with Crippen LogP contribution in [0, 0.1) is 12.8 Å². The van der Waals surface area contributed by atoms with Gasteiger partial charge in [0.15, 0.2) is 0 Å². The molecule has 3 N–H and O–H groups in total. The van der Waals surface area contributed by atoms with Crippen molar-refractivity contribution in [1.29, 1.82) is 0 Å². The second kappa shape index (κ2) is 9.52. The summed E-state index contributed by atoms with van der Waals surface area (Å²) in [7, 11) is 0. The lowest BCUT2D eigenvalue weighted by Crippen LogP contribution is -2.33. The summed E-state index contributed by atoms with van der Waals surface area (Å²) >= 11 is 0. The van der Waals surface area contributed by atoms with Crippen molar-refractivity contribution in [2.24, 2.45) is 5.92 Å². The molecule has 0 aliphatic heterocycles. The first kappa shape index (κ1) is 20.2. The van der Waals surface area contributed by atoms with Crippen LogP contribution in [0.25, 0.3) is 0 Å². The monoisotopic (exact) mass is 367 g/mol. The first-order chi connectivity index (χ1) is 12.8. The third kappa shape index (κ3) is 6.58. The van der Waals surface area contributed by atoms with Gasteiger partial charge < -0.3 is 16.0 Å². The van der Waals surface area contributed by atoms with E-state index in [1.165, 1.54) is 0 Å². The van der Waals surface area contributed by atoms with Crippen molar-refractivity contribution in [3.8, 4) is 0 Å². The standard InChI is InChI=1S/C21H25N3O3/c1-14(2)12-19(25)23-16-8-10-17(11-9-16)24-20(26)13-22-21(27)18-7-5-4-6-15(18)3/h4-11,14H,12-13H2,1-3H3,(H,22,27)(H,23,25)(H,24,26). The summed E-state index contributed by atoms with van der Waals surface area (Å²) in [5, 5.41) is 8.13. The summed E-state index contributed by atoms with van der Waals surface area (Å²) < 4.78 is 0. The van der Waals surface area contributed by atoms with E-state index < -0.39 is 0 Å². The lowest BCUT2D eigenvalue weighted by molar-refractivity contribution is -0.117. The molecule has 27 heavy (non-hydrogen) atoms. The molecule has 2 aromatic rings. The zero-order valence-electron chi connectivity index (χ0n) is 15.8. The minimum atomic E-state index is -0.325. The average Bonchev–Trinajstić information content (AvgIpc) is 2.61. The molecule has 0 fully saturated rings. The molecule has 2 aromatic carbocycles. The Morgan fingerprint density at radius 1 is 0.852 bits per heavy atom. The number of hydrogen-bond acceptors (Lipinski definition) is 3. The molecule has 3 amide bonds. The second-order valence-corrected chi connectivity index (χ2v) is 6.77. The maximum Gasteiger partial charge on any atom is 0.251 e. The third-order valence-electron chi connectivity index (χ3n) is 3.85. The summed E-state index contributed by atoms with van der Waals surface area (Å²) in [6.45, 7) is 5.68. The van der Waals surface area contributed by atoms with Gasteiger partial charge in [-0.1, -0.05) is 32.0 Å². The smallest absolute Gasteiger partial charge is 0.251 e. The Morgan fingerprint density at radius 3 is 1.96 bits per heavy atom. The van der Waals surface area contributed by atoms with Gasteiger partial charge in [0, 0.05) is 23.4 Å². The van der Waals surface area contributed by atoms with E-state index in [1.54, 1.807) is 36.4 Å². The van der Waals surface area contributed by atoms with Gasteiger partial charge in [-0.15, -0.1) is 0 Å². The number of anilines is 2. The molecule has 0 aliphatic carbocycles. The highest BCUT2D eigenvalue weighted by Gasteiger charge is 2.10. The number of hydrogen-bond donors (Lipinski definition) is 3. The summed E-state index contributed by atoms with van der Waals surface area (Å²) in [6, 6.07) is 14.0. The van der Waals surface area contributed by atoms with Crippen LogP contribution < -0.4 is 16.0 Å². The number of rotatable bonds is 7. The van der Waals surface area contributed by atoms with Crippen LogP contribution in [0.15, 0.2) is 48.5 Å². The topological polar surface area (TPSA) is 87.3 Å². The van der Waals surface area contributed by atoms with E-state index in [9.17, 15) is 14.4 Å². The molecule has 0 saturated carbocycles. The number of carbonyl (C=O) groups is 3. The highest BCUT2D eigenvalue weighted by molar-refractivity contribution is 6.00. The van der Waals surface area contributed by atoms with Crippen LogP contribution in [-0.4, -0.2) is 24.3 Å². The summed E-state index contributed by atoms with van der Waals surface area (Å²) in [5.74, 6) is -0.362. The Balaban J connectivity index is 1.83. The number of amides is 3. The molecule has 0 heterocycles. The van der Waals surface area contributed by atoms with Crippen molar-refractivity contribution < 1.29 is 14.4 Å². The zero-order chi connectivity index (χ0) is 19.8. The molecule has 0 aromatic heterocycles. The van der Waals surface area contributed by atoms with Gasteiger partial charge in [0.1, 0.15) is 0 Å². The van der Waals surface area contributed by atoms with Gasteiger partial charge in [0.2, 0.25) is 11.8 Å². The molecule has 0 saturated heterocycles. The predicted octanol–water partition coefficient (Wildman–Crippen LogP) is 3.35. The van der Waals surface area contributed by atoms with Gasteiger partial charge in [0.05, 0.1) is 6.54 Å². The normalized spacial score (nSPS) is 10.4. The van der Waals surface area contributed by atoms with Gasteiger partial charge in [-0.2, -0.15) is 0 Å². The van der Waals surface area contributed by atoms with Gasteiger partial charge in [0.25, 0.3) is 5.91 Å². The predicted molar refractivity (Wildman–Crippen MR) is 107 cm³/mol. The number of aryl methyl sites for hydroxylation is 1. The molecular formula is C21H25N3O3. The second-order valence-electron chi connectivity index (χ2n) is 6.77. The average molecular weight is 367 g/mol. The minimum Gasteiger partial charge on any atom is -0.343 e. The highest BCUT2D eigenvalue weighted by atomic mass is 16.2. The van der Waals surface area contributed by atoms with Crippen molar-refractivity contribution in [3.05, 3.63) is 59.7 Å². The van der Waals surface area contributed by atoms with Gasteiger partial charge in [-0.25, -0.2) is 0 Å². The number of benzene rings is 2. The maximum absolute atomic E-state index is 12.1. The fraction of sp³-hybridized carbons (Fsp3) is 0.286. The molecular weight excluding hydrogens is 342 g/mol. The lowest BCUT2D eigenvalue weighted by Gasteiger charge is -2.10. The van der Waals surface area contributed by atoms with Gasteiger partial charge >= 0.3 is 0 Å². The van der Waals surface area contributed by atoms with E-state index >= 15 is 0 Å². The Morgan fingerprint density at radius 2 is 1.41 bits per heavy atom. The van der Waals surface area contributed by atoms with Gasteiger partial charge in [-0.05, 0) is 48.7 Å². The summed E-state index contributed by atoms with van der Waals surface area (Å²) in [6.07, 6.45) is 0.457. The van der Waals surface area contributed by atoms with Crippen molar-refractivity contribution >= 4 is 29.1 Å². The largest absolute Gasteiger partial charge is 0.343 e. The van der Waals surface area contributed by atoms with Crippen LogP contribution in [0.3, 0.4) is 0 Å². The van der Waals surface area contributed by atoms with Crippen LogP contribution >= 0.6 is 0 Å². The molecule has 0 spiro atoms. The SMILES string of the molecule is Cc1ccccc1C(=O)NCC(=O)Nc1ccc(NC(=O)CC(C)C)cc1. The lowest BCUT2D eigenvalue weighted by atomic mass is 10.1. The Hall–Kier alpha value is -3.15. The molecule has 142 valence electrons. The van der Waals surface area contributed by atoms with E-state index in [2.05, 4.69) is 16.0 Å². The van der Waals surface area contributed by atoms with Crippen LogP contribution in [0.1, 0.15) is 36.2 Å². The number of nitrogens with one attached hydrogen (secondary N) is 3. The molecule has 6 nitrogen and oxygen atoms in total. The molecule has 0 bridgehead atoms. The Bertz CT molecular complexity index is 814. The number of carbonyl (C=O) groups excluding carboxylic acids is 3. The fourth-order valence-corrected chi connectivity index (χ4v) is 2.51.